The van der Waals surface area contributed by atoms with Gasteiger partial charge in [-0.25, -0.2) is 4.98 Å². The molecule has 1 saturated heterocycles. The molecule has 2 heterocycles. The number of anilines is 1. The highest BCUT2D eigenvalue weighted by Gasteiger charge is 2.18. The number of aromatic nitrogens is 2. The Morgan fingerprint density at radius 1 is 1.50 bits per heavy atom. The van der Waals surface area contributed by atoms with Gasteiger partial charge in [-0.15, -0.1) is 0 Å². The summed E-state index contributed by atoms with van der Waals surface area (Å²) in [5, 5.41) is 6.79. The Labute approximate surface area is 107 Å². The summed E-state index contributed by atoms with van der Waals surface area (Å²) in [5.41, 5.74) is -0.0850. The van der Waals surface area contributed by atoms with E-state index in [0.717, 1.165) is 25.2 Å². The second-order valence-electron chi connectivity index (χ2n) is 5.39. The van der Waals surface area contributed by atoms with E-state index in [1.165, 1.54) is 0 Å². The van der Waals surface area contributed by atoms with Crippen molar-refractivity contribution in [3.05, 3.63) is 22.2 Å². The number of H-pyrrole nitrogens is 1. The lowest BCUT2D eigenvalue weighted by atomic mass is 10.0. The molecule has 0 saturated carbocycles. The Balaban J connectivity index is 2.11. The van der Waals surface area contributed by atoms with Gasteiger partial charge >= 0.3 is 0 Å². The van der Waals surface area contributed by atoms with Crippen LogP contribution in [0.2, 0.25) is 0 Å². The largest absolute Gasteiger partial charge is 0.367 e. The molecule has 5 heteroatoms. The van der Waals surface area contributed by atoms with Crippen LogP contribution in [0, 0.1) is 0 Å². The van der Waals surface area contributed by atoms with E-state index in [0.29, 0.717) is 17.9 Å². The lowest BCUT2D eigenvalue weighted by Gasteiger charge is -2.29. The van der Waals surface area contributed by atoms with E-state index in [2.05, 4.69) is 27.5 Å². The average molecular weight is 250 g/mol. The van der Waals surface area contributed by atoms with Crippen LogP contribution in [0.4, 0.5) is 5.82 Å². The van der Waals surface area contributed by atoms with Crippen LogP contribution >= 0.6 is 0 Å². The number of hydrogen-bond donors (Lipinski definition) is 3. The lowest BCUT2D eigenvalue weighted by molar-refractivity contribution is 0.395. The fourth-order valence-electron chi connectivity index (χ4n) is 2.30. The Hall–Kier alpha value is -1.36. The summed E-state index contributed by atoms with van der Waals surface area (Å²) < 4.78 is 0. The van der Waals surface area contributed by atoms with Gasteiger partial charge in [-0.05, 0) is 26.3 Å². The highest BCUT2D eigenvalue weighted by molar-refractivity contribution is 5.35. The van der Waals surface area contributed by atoms with Crippen molar-refractivity contribution in [2.24, 2.45) is 0 Å². The van der Waals surface area contributed by atoms with E-state index >= 15 is 0 Å². The first-order chi connectivity index (χ1) is 8.54. The monoisotopic (exact) mass is 250 g/mol. The Morgan fingerprint density at radius 3 is 2.94 bits per heavy atom. The van der Waals surface area contributed by atoms with E-state index < -0.39 is 0 Å². The molecule has 100 valence electrons. The van der Waals surface area contributed by atoms with Crippen molar-refractivity contribution < 1.29 is 0 Å². The molecule has 0 radical (unpaired) electrons. The van der Waals surface area contributed by atoms with Gasteiger partial charge < -0.3 is 15.6 Å². The lowest BCUT2D eigenvalue weighted by Crippen LogP contribution is -2.41. The Kier molecular flexibility index (Phi) is 4.01. The van der Waals surface area contributed by atoms with E-state index in [4.69, 9.17) is 0 Å². The smallest absolute Gasteiger partial charge is 0.252 e. The van der Waals surface area contributed by atoms with Gasteiger partial charge in [0, 0.05) is 24.1 Å². The number of hydrogen-bond acceptors (Lipinski definition) is 4. The van der Waals surface area contributed by atoms with Crippen LogP contribution in [0.5, 0.6) is 0 Å². The van der Waals surface area contributed by atoms with Crippen LogP contribution in [0.15, 0.2) is 10.9 Å². The van der Waals surface area contributed by atoms with Gasteiger partial charge in [0.15, 0.2) is 0 Å². The summed E-state index contributed by atoms with van der Waals surface area (Å²) in [6, 6.07) is 2.46. The van der Waals surface area contributed by atoms with Gasteiger partial charge in [0.25, 0.3) is 5.56 Å². The topological polar surface area (TPSA) is 69.8 Å². The third-order valence-corrected chi connectivity index (χ3v) is 3.28. The predicted molar refractivity (Wildman–Crippen MR) is 73.1 cm³/mol. The zero-order chi connectivity index (χ0) is 13.1. The minimum Gasteiger partial charge on any atom is -0.367 e. The molecule has 1 aromatic rings. The quantitative estimate of drug-likeness (QED) is 0.759. The maximum absolute atomic E-state index is 11.6. The second kappa shape index (κ2) is 5.52. The van der Waals surface area contributed by atoms with Crippen molar-refractivity contribution in [2.75, 3.05) is 11.9 Å². The zero-order valence-corrected chi connectivity index (χ0v) is 11.3. The van der Waals surface area contributed by atoms with E-state index in [9.17, 15) is 4.79 Å². The van der Waals surface area contributed by atoms with E-state index in [1.54, 1.807) is 6.07 Å². The highest BCUT2D eigenvalue weighted by Crippen LogP contribution is 2.15. The number of piperidine rings is 1. The molecule has 0 amide bonds. The first-order valence-corrected chi connectivity index (χ1v) is 6.66. The molecule has 18 heavy (non-hydrogen) atoms. The highest BCUT2D eigenvalue weighted by atomic mass is 16.1. The summed E-state index contributed by atoms with van der Waals surface area (Å²) in [7, 11) is 0. The van der Waals surface area contributed by atoms with E-state index in [1.807, 2.05) is 13.8 Å². The molecule has 3 N–H and O–H groups in total. The molecule has 0 spiro atoms. The molecular formula is C13H22N4O. The zero-order valence-electron chi connectivity index (χ0n) is 11.3. The molecule has 1 fully saturated rings. The standard InChI is InChI=1S/C13H22N4O/c1-8(2)13-16-11(7-12(18)17-13)15-10-4-5-14-9(3)6-10/h7-10,14H,4-6H2,1-3H3,(H2,15,16,17,18). The van der Waals surface area contributed by atoms with Crippen LogP contribution in [0.1, 0.15) is 45.4 Å². The van der Waals surface area contributed by atoms with Crippen molar-refractivity contribution in [3.63, 3.8) is 0 Å². The predicted octanol–water partition coefficient (Wildman–Crippen LogP) is 1.45. The van der Waals surface area contributed by atoms with Crippen molar-refractivity contribution in [3.8, 4) is 0 Å². The van der Waals surface area contributed by atoms with Crippen molar-refractivity contribution >= 4 is 5.82 Å². The van der Waals surface area contributed by atoms with Crippen LogP contribution < -0.4 is 16.2 Å². The fourth-order valence-corrected chi connectivity index (χ4v) is 2.30. The van der Waals surface area contributed by atoms with Gasteiger partial charge in [-0.3, -0.25) is 4.79 Å². The fraction of sp³-hybridized carbons (Fsp3) is 0.692. The normalized spacial score (nSPS) is 24.2. The molecule has 2 rings (SSSR count). The van der Waals surface area contributed by atoms with Crippen LogP contribution in [0.3, 0.4) is 0 Å². The number of nitrogens with one attached hydrogen (secondary N) is 3. The summed E-state index contributed by atoms with van der Waals surface area (Å²) in [6.45, 7) is 7.24. The molecule has 0 aromatic carbocycles. The van der Waals surface area contributed by atoms with Gasteiger partial charge in [-0.2, -0.15) is 0 Å². The third kappa shape index (κ3) is 3.32. The van der Waals surface area contributed by atoms with Crippen molar-refractivity contribution in [1.29, 1.82) is 0 Å². The third-order valence-electron chi connectivity index (χ3n) is 3.28. The van der Waals surface area contributed by atoms with Gasteiger partial charge in [0.1, 0.15) is 11.6 Å². The van der Waals surface area contributed by atoms with Gasteiger partial charge in [0.2, 0.25) is 0 Å². The molecular weight excluding hydrogens is 228 g/mol. The maximum atomic E-state index is 11.6. The van der Waals surface area contributed by atoms with Crippen LogP contribution in [-0.4, -0.2) is 28.6 Å². The Bertz CT molecular complexity index is 455. The SMILES string of the molecule is CC1CC(Nc2cc(=O)[nH]c(C(C)C)n2)CCN1. The van der Waals surface area contributed by atoms with Crippen molar-refractivity contribution in [1.82, 2.24) is 15.3 Å². The minimum atomic E-state index is -0.0850. The van der Waals surface area contributed by atoms with Crippen LogP contribution in [-0.2, 0) is 0 Å². The number of nitrogens with zero attached hydrogens (tertiary/aromatic N) is 1. The number of rotatable bonds is 3. The molecule has 1 aliphatic heterocycles. The van der Waals surface area contributed by atoms with E-state index in [-0.39, 0.29) is 11.5 Å². The molecule has 5 nitrogen and oxygen atoms in total. The van der Waals surface area contributed by atoms with Gasteiger partial charge in [-0.1, -0.05) is 13.8 Å². The van der Waals surface area contributed by atoms with Crippen LogP contribution in [0.25, 0.3) is 0 Å². The van der Waals surface area contributed by atoms with Gasteiger partial charge in [0.05, 0.1) is 0 Å². The summed E-state index contributed by atoms with van der Waals surface area (Å²) >= 11 is 0. The average Bonchev–Trinajstić information content (AvgIpc) is 2.28. The first-order valence-electron chi connectivity index (χ1n) is 6.66. The maximum Gasteiger partial charge on any atom is 0.252 e. The second-order valence-corrected chi connectivity index (χ2v) is 5.39. The minimum absolute atomic E-state index is 0.0850. The molecule has 2 atom stereocenters. The van der Waals surface area contributed by atoms with Crippen molar-refractivity contribution in [2.45, 2.75) is 51.6 Å². The molecule has 2 unspecified atom stereocenters. The molecule has 1 aromatic heterocycles. The summed E-state index contributed by atoms with van der Waals surface area (Å²) in [4.78, 5) is 18.8. The molecule has 0 bridgehead atoms. The first kappa shape index (κ1) is 13.1. The molecule has 0 aliphatic carbocycles. The number of aromatic amines is 1. The Morgan fingerprint density at radius 2 is 2.28 bits per heavy atom. The summed E-state index contributed by atoms with van der Waals surface area (Å²) in [5.74, 6) is 1.67. The summed E-state index contributed by atoms with van der Waals surface area (Å²) in [6.07, 6.45) is 2.13. The molecule has 1 aliphatic rings.